The smallest absolute Gasteiger partial charge is 0.174 e. The lowest BCUT2D eigenvalue weighted by Gasteiger charge is -2.22. The average molecular weight is 391 g/mol. The van der Waals surface area contributed by atoms with Gasteiger partial charge in [-0.3, -0.25) is 4.79 Å². The number of aryl methyl sites for hydroxylation is 1. The Hall–Kier alpha value is -2.02. The Morgan fingerprint density at radius 2 is 2.07 bits per heavy atom. The molecule has 7 nitrogen and oxygen atoms in total. The molecule has 3 atom stereocenters. The van der Waals surface area contributed by atoms with Crippen molar-refractivity contribution in [2.24, 2.45) is 11.8 Å². The maximum Gasteiger partial charge on any atom is 0.174 e. The molecular weight excluding hydrogens is 356 g/mol. The zero-order valence-corrected chi connectivity index (χ0v) is 17.1. The Bertz CT molecular complexity index is 655. The molecule has 156 valence electrons. The minimum absolute atomic E-state index is 0.0899. The molecule has 0 aliphatic heterocycles. The highest BCUT2D eigenvalue weighted by Crippen LogP contribution is 2.38. The van der Waals surface area contributed by atoms with E-state index in [2.05, 4.69) is 33.6 Å². The lowest BCUT2D eigenvalue weighted by atomic mass is 9.84. The number of hydrogen-bond acceptors (Lipinski definition) is 6. The van der Waals surface area contributed by atoms with E-state index >= 15 is 0 Å². The van der Waals surface area contributed by atoms with Crippen molar-refractivity contribution in [3.05, 3.63) is 29.3 Å². The van der Waals surface area contributed by atoms with Crippen LogP contribution >= 0.6 is 0 Å². The average Bonchev–Trinajstić information content (AvgIpc) is 3.28. The summed E-state index contributed by atoms with van der Waals surface area (Å²) < 4.78 is 0. The zero-order chi connectivity index (χ0) is 20.4. The Morgan fingerprint density at radius 3 is 2.79 bits per heavy atom. The number of unbranched alkanes of at least 4 members (excludes halogenated alkanes) is 4. The molecule has 28 heavy (non-hydrogen) atoms. The van der Waals surface area contributed by atoms with E-state index in [1.165, 1.54) is 0 Å². The molecule has 1 heterocycles. The van der Waals surface area contributed by atoms with E-state index in [1.807, 2.05) is 13.0 Å². The summed E-state index contributed by atoms with van der Waals surface area (Å²) in [6.45, 7) is 4.02. The minimum atomic E-state index is -0.693. The highest BCUT2D eigenvalue weighted by atomic mass is 16.3. The van der Waals surface area contributed by atoms with E-state index in [9.17, 15) is 15.0 Å². The number of nitrogens with one attached hydrogen (secondary N) is 1. The second-order valence-corrected chi connectivity index (χ2v) is 7.74. The van der Waals surface area contributed by atoms with Crippen molar-refractivity contribution in [3.8, 4) is 0 Å². The first kappa shape index (κ1) is 22.3. The number of Topliss-reactive ketones (excluding diaryl/α,β-unsaturated/α-hetero) is 1. The van der Waals surface area contributed by atoms with Gasteiger partial charge in [-0.25, -0.2) is 0 Å². The van der Waals surface area contributed by atoms with Crippen molar-refractivity contribution in [1.29, 1.82) is 0 Å². The maximum atomic E-state index is 12.4. The third-order valence-corrected chi connectivity index (χ3v) is 5.61. The summed E-state index contributed by atoms with van der Waals surface area (Å²) in [4.78, 5) is 12.4. The molecule has 0 amide bonds. The standard InChI is InChI=1S/C21H34N4O3/c1-3-4-5-9-12-17(26)15(2)21-16(18(27)14-19(21)28)11-8-6-7-10-13-20-22-24-25-23-20/h6,8,16,19,21,26,28H,3-5,7,9-14H2,1-2H3,(H,22,23,24,25)/b8-6-,17-15?/t16-,19+,21+/m1/s1. The topological polar surface area (TPSA) is 112 Å². The number of carbonyl (C=O) groups is 1. The number of aromatic nitrogens is 4. The first-order valence-electron chi connectivity index (χ1n) is 10.5. The van der Waals surface area contributed by atoms with E-state index in [-0.39, 0.29) is 24.0 Å². The number of aliphatic hydroxyl groups is 2. The molecule has 0 saturated heterocycles. The Kier molecular flexibility index (Phi) is 9.34. The summed E-state index contributed by atoms with van der Waals surface area (Å²) in [7, 11) is 0. The van der Waals surface area contributed by atoms with Gasteiger partial charge in [0.25, 0.3) is 0 Å². The van der Waals surface area contributed by atoms with Gasteiger partial charge in [0.2, 0.25) is 0 Å². The Balaban J connectivity index is 1.86. The molecule has 0 bridgehead atoms. The number of H-pyrrole nitrogens is 1. The molecule has 1 aliphatic carbocycles. The molecule has 1 fully saturated rings. The van der Waals surface area contributed by atoms with E-state index in [0.29, 0.717) is 24.4 Å². The number of rotatable bonds is 12. The molecule has 1 aliphatic rings. The van der Waals surface area contributed by atoms with Crippen LogP contribution in [0.4, 0.5) is 0 Å². The second kappa shape index (κ2) is 11.7. The van der Waals surface area contributed by atoms with E-state index in [4.69, 9.17) is 0 Å². The summed E-state index contributed by atoms with van der Waals surface area (Å²) in [5, 5.41) is 34.7. The summed E-state index contributed by atoms with van der Waals surface area (Å²) in [6, 6.07) is 0. The van der Waals surface area contributed by atoms with Crippen LogP contribution in [0.25, 0.3) is 0 Å². The monoisotopic (exact) mass is 390 g/mol. The summed E-state index contributed by atoms with van der Waals surface area (Å²) in [6.07, 6.45) is 11.7. The normalized spacial score (nSPS) is 23.5. The van der Waals surface area contributed by atoms with Crippen LogP contribution in [0.1, 0.15) is 77.5 Å². The van der Waals surface area contributed by atoms with Crippen LogP contribution in [0.5, 0.6) is 0 Å². The van der Waals surface area contributed by atoms with Crippen LogP contribution < -0.4 is 0 Å². The van der Waals surface area contributed by atoms with Crippen molar-refractivity contribution in [3.63, 3.8) is 0 Å². The molecule has 2 rings (SSSR count). The number of nitrogens with zero attached hydrogens (tertiary/aromatic N) is 3. The molecule has 1 aromatic rings. The minimum Gasteiger partial charge on any atom is -0.512 e. The number of aliphatic hydroxyl groups excluding tert-OH is 2. The summed E-state index contributed by atoms with van der Waals surface area (Å²) >= 11 is 0. The van der Waals surface area contributed by atoms with Gasteiger partial charge in [-0.15, -0.1) is 10.2 Å². The lowest BCUT2D eigenvalue weighted by Crippen LogP contribution is -2.22. The van der Waals surface area contributed by atoms with Crippen molar-refractivity contribution >= 4 is 5.78 Å². The predicted molar refractivity (Wildman–Crippen MR) is 108 cm³/mol. The molecule has 7 heteroatoms. The van der Waals surface area contributed by atoms with Crippen molar-refractivity contribution in [2.75, 3.05) is 0 Å². The summed E-state index contributed by atoms with van der Waals surface area (Å²) in [5.74, 6) is 0.623. The maximum absolute atomic E-state index is 12.4. The largest absolute Gasteiger partial charge is 0.512 e. The molecule has 1 saturated carbocycles. The van der Waals surface area contributed by atoms with Gasteiger partial charge in [-0.1, -0.05) is 43.6 Å². The summed E-state index contributed by atoms with van der Waals surface area (Å²) in [5.41, 5.74) is 0.783. The van der Waals surface area contributed by atoms with Crippen LogP contribution in [-0.2, 0) is 11.2 Å². The first-order valence-corrected chi connectivity index (χ1v) is 10.5. The molecule has 0 spiro atoms. The third kappa shape index (κ3) is 6.55. The fourth-order valence-corrected chi connectivity index (χ4v) is 3.96. The van der Waals surface area contributed by atoms with Gasteiger partial charge < -0.3 is 10.2 Å². The fourth-order valence-electron chi connectivity index (χ4n) is 3.96. The van der Waals surface area contributed by atoms with Crippen LogP contribution in [0.2, 0.25) is 0 Å². The third-order valence-electron chi connectivity index (χ3n) is 5.61. The molecular formula is C21H34N4O3. The SMILES string of the molecule is CCCCCCC(O)=C(C)[C@H]1[C@H](C/C=C\CCCc2nn[nH]n2)C(=O)C[C@@H]1O. The van der Waals surface area contributed by atoms with Crippen molar-refractivity contribution in [1.82, 2.24) is 20.6 Å². The number of allylic oxidation sites excluding steroid dienone is 3. The van der Waals surface area contributed by atoms with Crippen molar-refractivity contribution < 1.29 is 15.0 Å². The number of carbonyl (C=O) groups excluding carboxylic acids is 1. The highest BCUT2D eigenvalue weighted by molar-refractivity contribution is 5.85. The van der Waals surface area contributed by atoms with Gasteiger partial charge in [-0.2, -0.15) is 5.21 Å². The molecule has 0 radical (unpaired) electrons. The van der Waals surface area contributed by atoms with Crippen LogP contribution in [0, 0.1) is 11.8 Å². The quantitative estimate of drug-likeness (QED) is 0.284. The Labute approximate surface area is 167 Å². The predicted octanol–water partition coefficient (Wildman–Crippen LogP) is 3.84. The lowest BCUT2D eigenvalue weighted by molar-refractivity contribution is -0.121. The molecule has 3 N–H and O–H groups in total. The fraction of sp³-hybridized carbons (Fsp3) is 0.714. The number of hydrogen-bond donors (Lipinski definition) is 3. The zero-order valence-electron chi connectivity index (χ0n) is 17.1. The Morgan fingerprint density at radius 1 is 1.25 bits per heavy atom. The number of ketones is 1. The number of aromatic amines is 1. The van der Waals surface area contributed by atoms with Gasteiger partial charge in [0.1, 0.15) is 5.78 Å². The van der Waals surface area contributed by atoms with Gasteiger partial charge in [0, 0.05) is 31.1 Å². The molecule has 0 aromatic carbocycles. The highest BCUT2D eigenvalue weighted by Gasteiger charge is 2.42. The van der Waals surface area contributed by atoms with E-state index in [1.54, 1.807) is 0 Å². The van der Waals surface area contributed by atoms with Crippen LogP contribution in [-0.4, -0.2) is 42.7 Å². The second-order valence-electron chi connectivity index (χ2n) is 7.74. The van der Waals surface area contributed by atoms with E-state index < -0.39 is 6.10 Å². The molecule has 0 unspecified atom stereocenters. The van der Waals surface area contributed by atoms with E-state index in [0.717, 1.165) is 50.5 Å². The van der Waals surface area contributed by atoms with Gasteiger partial charge >= 0.3 is 0 Å². The van der Waals surface area contributed by atoms with Gasteiger partial charge in [0.05, 0.1) is 11.9 Å². The first-order chi connectivity index (χ1) is 13.5. The van der Waals surface area contributed by atoms with Gasteiger partial charge in [0.15, 0.2) is 5.82 Å². The molecule has 1 aromatic heterocycles. The van der Waals surface area contributed by atoms with Crippen LogP contribution in [0.15, 0.2) is 23.5 Å². The van der Waals surface area contributed by atoms with Gasteiger partial charge in [-0.05, 0) is 38.2 Å². The van der Waals surface area contributed by atoms with Crippen LogP contribution in [0.3, 0.4) is 0 Å². The number of tetrazole rings is 1. The van der Waals surface area contributed by atoms with Crippen molar-refractivity contribution in [2.45, 2.75) is 84.2 Å².